The topological polar surface area (TPSA) is 21.3 Å². The molecule has 1 atom stereocenters. The second-order valence-electron chi connectivity index (χ2n) is 3.90. The Morgan fingerprint density at radius 3 is 2.71 bits per heavy atom. The van der Waals surface area contributed by atoms with E-state index in [4.69, 9.17) is 16.3 Å². The molecule has 94 valence electrons. The van der Waals surface area contributed by atoms with Crippen LogP contribution in [0.4, 0.5) is 18.9 Å². The SMILES string of the molecule is FC(F)(F)c1ccc(Cl)c(NC2CCOC2)c1. The van der Waals surface area contributed by atoms with Crippen LogP contribution in [0.15, 0.2) is 18.2 Å². The van der Waals surface area contributed by atoms with Crippen molar-refractivity contribution in [1.29, 1.82) is 0 Å². The van der Waals surface area contributed by atoms with E-state index in [0.29, 0.717) is 18.9 Å². The highest BCUT2D eigenvalue weighted by molar-refractivity contribution is 6.33. The molecule has 1 unspecified atom stereocenters. The number of alkyl halides is 3. The molecule has 1 saturated heterocycles. The highest BCUT2D eigenvalue weighted by atomic mass is 35.5. The van der Waals surface area contributed by atoms with E-state index in [1.54, 1.807) is 0 Å². The summed E-state index contributed by atoms with van der Waals surface area (Å²) in [6, 6.07) is 3.28. The van der Waals surface area contributed by atoms with Gasteiger partial charge in [-0.15, -0.1) is 0 Å². The van der Waals surface area contributed by atoms with Crippen molar-refractivity contribution in [2.75, 3.05) is 18.5 Å². The van der Waals surface area contributed by atoms with Gasteiger partial charge in [-0.3, -0.25) is 0 Å². The first-order valence-corrected chi connectivity index (χ1v) is 5.55. The third-order valence-electron chi connectivity index (χ3n) is 2.58. The molecule has 1 aromatic carbocycles. The molecular formula is C11H11ClF3NO. The smallest absolute Gasteiger partial charge is 0.379 e. The average Bonchev–Trinajstić information content (AvgIpc) is 2.72. The molecule has 1 N–H and O–H groups in total. The maximum Gasteiger partial charge on any atom is 0.416 e. The van der Waals surface area contributed by atoms with Crippen LogP contribution in [0.3, 0.4) is 0 Å². The van der Waals surface area contributed by atoms with E-state index in [0.717, 1.165) is 18.6 Å². The molecule has 6 heteroatoms. The van der Waals surface area contributed by atoms with Gasteiger partial charge in [-0.25, -0.2) is 0 Å². The van der Waals surface area contributed by atoms with Gasteiger partial charge in [0.25, 0.3) is 0 Å². The van der Waals surface area contributed by atoms with Crippen molar-refractivity contribution in [3.8, 4) is 0 Å². The molecular weight excluding hydrogens is 255 g/mol. The molecule has 0 aliphatic carbocycles. The lowest BCUT2D eigenvalue weighted by molar-refractivity contribution is -0.137. The summed E-state index contributed by atoms with van der Waals surface area (Å²) in [4.78, 5) is 0. The predicted molar refractivity (Wildman–Crippen MR) is 59.3 cm³/mol. The zero-order chi connectivity index (χ0) is 12.5. The van der Waals surface area contributed by atoms with Gasteiger partial charge in [0.05, 0.1) is 28.9 Å². The molecule has 0 amide bonds. The molecule has 0 spiro atoms. The molecule has 0 radical (unpaired) electrons. The van der Waals surface area contributed by atoms with Crippen molar-refractivity contribution in [2.45, 2.75) is 18.6 Å². The van der Waals surface area contributed by atoms with Gasteiger partial charge in [0, 0.05) is 6.61 Å². The molecule has 1 heterocycles. The largest absolute Gasteiger partial charge is 0.416 e. The van der Waals surface area contributed by atoms with Crippen molar-refractivity contribution in [2.24, 2.45) is 0 Å². The predicted octanol–water partition coefficient (Wildman–Crippen LogP) is 3.56. The summed E-state index contributed by atoms with van der Waals surface area (Å²) in [6.45, 7) is 1.11. The Morgan fingerprint density at radius 2 is 2.12 bits per heavy atom. The van der Waals surface area contributed by atoms with Gasteiger partial charge < -0.3 is 10.1 Å². The van der Waals surface area contributed by atoms with Crippen LogP contribution in [0.25, 0.3) is 0 Å². The zero-order valence-corrected chi connectivity index (χ0v) is 9.61. The second-order valence-corrected chi connectivity index (χ2v) is 4.30. The third kappa shape index (κ3) is 3.04. The Bertz CT molecular complexity index is 402. The second kappa shape index (κ2) is 4.74. The maximum atomic E-state index is 12.5. The first-order valence-electron chi connectivity index (χ1n) is 5.18. The zero-order valence-electron chi connectivity index (χ0n) is 8.85. The first kappa shape index (κ1) is 12.5. The first-order chi connectivity index (χ1) is 7.97. The number of halogens is 4. The lowest BCUT2D eigenvalue weighted by Crippen LogP contribution is -2.19. The number of hydrogen-bond acceptors (Lipinski definition) is 2. The minimum atomic E-state index is -4.35. The van der Waals surface area contributed by atoms with E-state index < -0.39 is 11.7 Å². The molecule has 0 saturated carbocycles. The van der Waals surface area contributed by atoms with Gasteiger partial charge in [-0.2, -0.15) is 13.2 Å². The normalized spacial score (nSPS) is 20.6. The highest BCUT2D eigenvalue weighted by Gasteiger charge is 2.31. The third-order valence-corrected chi connectivity index (χ3v) is 2.91. The molecule has 1 aromatic rings. The van der Waals surface area contributed by atoms with Crippen molar-refractivity contribution < 1.29 is 17.9 Å². The van der Waals surface area contributed by atoms with Crippen LogP contribution in [0, 0.1) is 0 Å². The van der Waals surface area contributed by atoms with Crippen molar-refractivity contribution in [3.05, 3.63) is 28.8 Å². The summed E-state index contributed by atoms with van der Waals surface area (Å²) in [7, 11) is 0. The molecule has 1 fully saturated rings. The molecule has 17 heavy (non-hydrogen) atoms. The summed E-state index contributed by atoms with van der Waals surface area (Å²) < 4.78 is 42.7. The molecule has 0 bridgehead atoms. The van der Waals surface area contributed by atoms with Crippen molar-refractivity contribution in [1.82, 2.24) is 0 Å². The Morgan fingerprint density at radius 1 is 1.35 bits per heavy atom. The van der Waals surface area contributed by atoms with E-state index in [2.05, 4.69) is 5.32 Å². The molecule has 1 aliphatic rings. The number of anilines is 1. The molecule has 1 aliphatic heterocycles. The van der Waals surface area contributed by atoms with Gasteiger partial charge in [0.2, 0.25) is 0 Å². The average molecular weight is 266 g/mol. The Kier molecular flexibility index (Phi) is 3.49. The van der Waals surface area contributed by atoms with Crippen LogP contribution in [0.1, 0.15) is 12.0 Å². The summed E-state index contributed by atoms with van der Waals surface area (Å²) in [5, 5.41) is 3.25. The Hall–Kier alpha value is -0.940. The summed E-state index contributed by atoms with van der Waals surface area (Å²) in [5.41, 5.74) is -0.402. The lowest BCUT2D eigenvalue weighted by Gasteiger charge is -2.15. The van der Waals surface area contributed by atoms with Gasteiger partial charge in [-0.1, -0.05) is 11.6 Å². The summed E-state index contributed by atoms with van der Waals surface area (Å²) in [6.07, 6.45) is -3.58. The van der Waals surface area contributed by atoms with Crippen LogP contribution in [0.2, 0.25) is 5.02 Å². The number of rotatable bonds is 2. The monoisotopic (exact) mass is 265 g/mol. The standard InChI is InChI=1S/C11H11ClF3NO/c12-9-2-1-7(11(13,14)15)5-10(9)16-8-3-4-17-6-8/h1-2,5,8,16H,3-4,6H2. The van der Waals surface area contributed by atoms with Crippen LogP contribution in [0.5, 0.6) is 0 Å². The minimum Gasteiger partial charge on any atom is -0.379 e. The van der Waals surface area contributed by atoms with Crippen molar-refractivity contribution >= 4 is 17.3 Å². The number of ether oxygens (including phenoxy) is 1. The van der Waals surface area contributed by atoms with E-state index >= 15 is 0 Å². The van der Waals surface area contributed by atoms with E-state index in [1.165, 1.54) is 6.07 Å². The fraction of sp³-hybridized carbons (Fsp3) is 0.455. The van der Waals surface area contributed by atoms with E-state index in [9.17, 15) is 13.2 Å². The lowest BCUT2D eigenvalue weighted by atomic mass is 10.1. The van der Waals surface area contributed by atoms with Gasteiger partial charge in [0.1, 0.15) is 0 Å². The fourth-order valence-electron chi connectivity index (χ4n) is 1.68. The van der Waals surface area contributed by atoms with Gasteiger partial charge in [-0.05, 0) is 24.6 Å². The number of hydrogen-bond donors (Lipinski definition) is 1. The van der Waals surface area contributed by atoms with Crippen LogP contribution < -0.4 is 5.32 Å². The van der Waals surface area contributed by atoms with E-state index in [1.807, 2.05) is 0 Å². The Balaban J connectivity index is 2.20. The number of nitrogens with one attached hydrogen (secondary N) is 1. The Labute approximate surface area is 102 Å². The minimum absolute atomic E-state index is 0.0241. The van der Waals surface area contributed by atoms with Crippen LogP contribution in [-0.4, -0.2) is 19.3 Å². The summed E-state index contributed by atoms with van der Waals surface area (Å²) in [5.74, 6) is 0. The highest BCUT2D eigenvalue weighted by Crippen LogP contribution is 2.34. The summed E-state index contributed by atoms with van der Waals surface area (Å²) >= 11 is 5.85. The van der Waals surface area contributed by atoms with Crippen molar-refractivity contribution in [3.63, 3.8) is 0 Å². The van der Waals surface area contributed by atoms with Gasteiger partial charge >= 0.3 is 6.18 Å². The maximum absolute atomic E-state index is 12.5. The molecule has 2 nitrogen and oxygen atoms in total. The van der Waals surface area contributed by atoms with E-state index in [-0.39, 0.29) is 11.1 Å². The quantitative estimate of drug-likeness (QED) is 0.883. The molecule has 0 aromatic heterocycles. The number of benzene rings is 1. The van der Waals surface area contributed by atoms with Crippen LogP contribution >= 0.6 is 11.6 Å². The molecule has 2 rings (SSSR count). The van der Waals surface area contributed by atoms with Crippen LogP contribution in [-0.2, 0) is 10.9 Å². The van der Waals surface area contributed by atoms with Gasteiger partial charge in [0.15, 0.2) is 0 Å². The fourth-order valence-corrected chi connectivity index (χ4v) is 1.85.